The zero-order chi connectivity index (χ0) is 22.4. The molecule has 31 heavy (non-hydrogen) atoms. The Morgan fingerprint density at radius 1 is 1.32 bits per heavy atom. The number of amides is 1. The second-order valence-corrected chi connectivity index (χ2v) is 7.20. The Morgan fingerprint density at radius 2 is 2.10 bits per heavy atom. The maximum Gasteiger partial charge on any atom is 0.268 e. The van der Waals surface area contributed by atoms with E-state index in [9.17, 15) is 24.0 Å². The molecule has 0 spiro atoms. The van der Waals surface area contributed by atoms with E-state index in [4.69, 9.17) is 9.47 Å². The van der Waals surface area contributed by atoms with Gasteiger partial charge in [-0.05, 0) is 43.5 Å². The maximum atomic E-state index is 13.9. The highest BCUT2D eigenvalue weighted by Gasteiger charge is 2.24. The quantitative estimate of drug-likeness (QED) is 0.457. The lowest BCUT2D eigenvalue weighted by molar-refractivity contribution is -0.123. The molecule has 1 N–H and O–H groups in total. The summed E-state index contributed by atoms with van der Waals surface area (Å²) in [5.41, 5.74) is -0.801. The topological polar surface area (TPSA) is 110 Å². The van der Waals surface area contributed by atoms with Crippen LogP contribution in [-0.2, 0) is 16.1 Å². The minimum atomic E-state index is -0.660. The van der Waals surface area contributed by atoms with Crippen molar-refractivity contribution in [1.29, 1.82) is 5.26 Å². The lowest BCUT2D eigenvalue weighted by Gasteiger charge is -2.13. The van der Waals surface area contributed by atoms with Crippen molar-refractivity contribution in [3.05, 3.63) is 63.3 Å². The van der Waals surface area contributed by atoms with E-state index in [1.54, 1.807) is 6.07 Å². The number of methoxy groups -OCH3 is 1. The van der Waals surface area contributed by atoms with Gasteiger partial charge < -0.3 is 19.4 Å². The lowest BCUT2D eigenvalue weighted by Crippen LogP contribution is -2.30. The van der Waals surface area contributed by atoms with Crippen molar-refractivity contribution in [1.82, 2.24) is 9.88 Å². The number of nitrogens with zero attached hydrogens (tertiary/aromatic N) is 2. The summed E-state index contributed by atoms with van der Waals surface area (Å²) in [6, 6.07) is 6.52. The molecule has 162 valence electrons. The molecule has 0 bridgehead atoms. The Balaban J connectivity index is 1.88. The van der Waals surface area contributed by atoms with Crippen LogP contribution < -0.4 is 15.6 Å². The van der Waals surface area contributed by atoms with Crippen molar-refractivity contribution in [2.75, 3.05) is 20.3 Å². The maximum absolute atomic E-state index is 13.9. The molecule has 1 heterocycles. The van der Waals surface area contributed by atoms with E-state index in [0.717, 1.165) is 25.0 Å². The van der Waals surface area contributed by atoms with Crippen LogP contribution in [0.4, 0.5) is 4.39 Å². The summed E-state index contributed by atoms with van der Waals surface area (Å²) in [5.74, 6) is -1.59. The summed E-state index contributed by atoms with van der Waals surface area (Å²) in [7, 11) is 1.53. The zero-order valence-electron chi connectivity index (χ0n) is 17.0. The monoisotopic (exact) mass is 427 g/mol. The number of halogens is 1. The lowest BCUT2D eigenvalue weighted by atomic mass is 10.0. The number of ketones is 1. The summed E-state index contributed by atoms with van der Waals surface area (Å²) in [4.78, 5) is 37.4. The third-order valence-electron chi connectivity index (χ3n) is 4.70. The van der Waals surface area contributed by atoms with Gasteiger partial charge >= 0.3 is 0 Å². The second-order valence-electron chi connectivity index (χ2n) is 7.20. The minimum absolute atomic E-state index is 0.0337. The van der Waals surface area contributed by atoms with Crippen LogP contribution in [0.2, 0.25) is 0 Å². The molecule has 1 aromatic carbocycles. The molecule has 0 unspecified atom stereocenters. The van der Waals surface area contributed by atoms with Gasteiger partial charge in [0.25, 0.3) is 11.5 Å². The number of carbonyl (C=O) groups is 2. The van der Waals surface area contributed by atoms with Crippen molar-refractivity contribution in [2.45, 2.75) is 31.8 Å². The summed E-state index contributed by atoms with van der Waals surface area (Å²) in [5, 5.41) is 12.0. The predicted octanol–water partition coefficient (Wildman–Crippen LogP) is 1.78. The van der Waals surface area contributed by atoms with Gasteiger partial charge in [-0.25, -0.2) is 4.39 Å². The smallest absolute Gasteiger partial charge is 0.268 e. The highest BCUT2D eigenvalue weighted by Crippen LogP contribution is 2.24. The Labute approximate surface area is 178 Å². The molecule has 0 radical (unpaired) electrons. The number of carbonyl (C=O) groups excluding carboxylic acids is 2. The highest BCUT2D eigenvalue weighted by atomic mass is 19.1. The normalized spacial score (nSPS) is 12.8. The Kier molecular flexibility index (Phi) is 7.15. The van der Waals surface area contributed by atoms with Crippen molar-refractivity contribution >= 4 is 11.7 Å². The number of benzene rings is 1. The fraction of sp³-hybridized carbons (Fsp3) is 0.364. The number of nitriles is 1. The average molecular weight is 427 g/mol. The second kappa shape index (κ2) is 10.00. The number of hydrogen-bond acceptors (Lipinski definition) is 6. The van der Waals surface area contributed by atoms with E-state index in [-0.39, 0.29) is 47.5 Å². The van der Waals surface area contributed by atoms with E-state index in [1.807, 2.05) is 0 Å². The van der Waals surface area contributed by atoms with Gasteiger partial charge in [0.15, 0.2) is 12.4 Å². The van der Waals surface area contributed by atoms with Gasteiger partial charge in [-0.1, -0.05) is 0 Å². The first-order valence-corrected chi connectivity index (χ1v) is 9.83. The predicted molar refractivity (Wildman–Crippen MR) is 108 cm³/mol. The third kappa shape index (κ3) is 5.77. The first-order chi connectivity index (χ1) is 14.9. The van der Waals surface area contributed by atoms with Crippen LogP contribution in [0.5, 0.6) is 5.75 Å². The SMILES string of the molecule is COCCCn1cc(C(=O)c2cc(F)ccc2OCC(=O)NC2CC2)cc(C#N)c1=O. The summed E-state index contributed by atoms with van der Waals surface area (Å²) in [6.07, 6.45) is 3.68. The molecule has 1 fully saturated rings. The molecule has 3 rings (SSSR count). The summed E-state index contributed by atoms with van der Waals surface area (Å²) >= 11 is 0. The van der Waals surface area contributed by atoms with Crippen LogP contribution in [0.1, 0.15) is 40.7 Å². The molecule has 1 aliphatic rings. The first-order valence-electron chi connectivity index (χ1n) is 9.83. The number of aryl methyl sites for hydroxylation is 1. The molecule has 9 heteroatoms. The molecule has 0 atom stereocenters. The minimum Gasteiger partial charge on any atom is -0.483 e. The van der Waals surface area contributed by atoms with Crippen LogP contribution in [-0.4, -0.2) is 42.6 Å². The number of aromatic nitrogens is 1. The van der Waals surface area contributed by atoms with Gasteiger partial charge in [0.1, 0.15) is 23.2 Å². The van der Waals surface area contributed by atoms with Gasteiger partial charge in [-0.15, -0.1) is 0 Å². The molecular formula is C22H22FN3O5. The van der Waals surface area contributed by atoms with Crippen molar-refractivity contribution in [3.8, 4) is 11.8 Å². The fourth-order valence-electron chi connectivity index (χ4n) is 2.99. The Hall–Kier alpha value is -3.51. The molecule has 1 aromatic heterocycles. The van der Waals surface area contributed by atoms with Gasteiger partial charge in [-0.2, -0.15) is 5.26 Å². The Bertz CT molecular complexity index is 1090. The third-order valence-corrected chi connectivity index (χ3v) is 4.70. The summed E-state index contributed by atoms with van der Waals surface area (Å²) < 4.78 is 25.6. The van der Waals surface area contributed by atoms with Crippen LogP contribution in [0.25, 0.3) is 0 Å². The molecule has 1 amide bonds. The van der Waals surface area contributed by atoms with E-state index >= 15 is 0 Å². The van der Waals surface area contributed by atoms with Gasteiger partial charge in [0.2, 0.25) is 0 Å². The molecule has 1 aliphatic carbocycles. The van der Waals surface area contributed by atoms with Crippen LogP contribution in [0, 0.1) is 17.1 Å². The number of ether oxygens (including phenoxy) is 2. The standard InChI is InChI=1S/C22H22FN3O5/c1-30-8-2-7-26-12-15(9-14(11-24)22(26)29)21(28)18-10-16(23)3-6-19(18)31-13-20(27)25-17-4-5-17/h3,6,9-10,12,17H,2,4-5,7-8,13H2,1H3,(H,25,27). The fourth-order valence-corrected chi connectivity index (χ4v) is 2.99. The van der Waals surface area contributed by atoms with E-state index in [2.05, 4.69) is 5.32 Å². The van der Waals surface area contributed by atoms with Crippen molar-refractivity contribution in [3.63, 3.8) is 0 Å². The molecular weight excluding hydrogens is 405 g/mol. The van der Waals surface area contributed by atoms with E-state index in [0.29, 0.717) is 13.0 Å². The molecule has 8 nitrogen and oxygen atoms in total. The number of rotatable bonds is 10. The molecule has 1 saturated carbocycles. The van der Waals surface area contributed by atoms with Gasteiger partial charge in [0.05, 0.1) is 5.56 Å². The van der Waals surface area contributed by atoms with Crippen LogP contribution in [0.3, 0.4) is 0 Å². The number of pyridine rings is 1. The zero-order valence-corrected chi connectivity index (χ0v) is 17.0. The van der Waals surface area contributed by atoms with E-state index in [1.165, 1.54) is 30.0 Å². The average Bonchev–Trinajstić information content (AvgIpc) is 3.57. The van der Waals surface area contributed by atoms with Gasteiger partial charge in [-0.3, -0.25) is 14.4 Å². The molecule has 0 aliphatic heterocycles. The molecule has 2 aromatic rings. The van der Waals surface area contributed by atoms with Crippen molar-refractivity contribution in [2.24, 2.45) is 0 Å². The highest BCUT2D eigenvalue weighted by molar-refractivity contribution is 6.10. The van der Waals surface area contributed by atoms with Crippen LogP contribution >= 0.6 is 0 Å². The largest absolute Gasteiger partial charge is 0.483 e. The van der Waals surface area contributed by atoms with Crippen molar-refractivity contribution < 1.29 is 23.5 Å². The van der Waals surface area contributed by atoms with Crippen LogP contribution in [0.15, 0.2) is 35.3 Å². The number of hydrogen-bond donors (Lipinski definition) is 1. The van der Waals surface area contributed by atoms with Gasteiger partial charge in [0, 0.05) is 38.1 Å². The molecule has 0 saturated heterocycles. The number of nitrogens with one attached hydrogen (secondary N) is 1. The Morgan fingerprint density at radius 3 is 2.77 bits per heavy atom. The first kappa shape index (κ1) is 22.2. The van der Waals surface area contributed by atoms with E-state index < -0.39 is 17.2 Å². The summed E-state index contributed by atoms with van der Waals surface area (Å²) in [6.45, 7) is 0.329.